The molecular formula is C16H29N3S. The van der Waals surface area contributed by atoms with E-state index in [1.165, 1.54) is 77.8 Å². The number of hydrogen-bond acceptors (Lipinski definition) is 4. The van der Waals surface area contributed by atoms with Gasteiger partial charge in [0.2, 0.25) is 0 Å². The van der Waals surface area contributed by atoms with Crippen LogP contribution in [0.25, 0.3) is 0 Å². The van der Waals surface area contributed by atoms with Crippen LogP contribution in [-0.4, -0.2) is 60.6 Å². The predicted octanol–water partition coefficient (Wildman–Crippen LogP) is 2.83. The van der Waals surface area contributed by atoms with E-state index in [9.17, 15) is 0 Å². The van der Waals surface area contributed by atoms with E-state index in [4.69, 9.17) is 5.26 Å². The summed E-state index contributed by atoms with van der Waals surface area (Å²) >= 11 is 1.77. The van der Waals surface area contributed by atoms with Crippen molar-refractivity contribution >= 4 is 11.8 Å². The number of thioether (sulfide) groups is 1. The van der Waals surface area contributed by atoms with Crippen LogP contribution in [-0.2, 0) is 0 Å². The van der Waals surface area contributed by atoms with Crippen molar-refractivity contribution in [1.29, 1.82) is 5.26 Å². The van der Waals surface area contributed by atoms with E-state index in [1.807, 2.05) is 0 Å². The molecule has 0 unspecified atom stereocenters. The Morgan fingerprint density at radius 1 is 1.00 bits per heavy atom. The molecule has 1 aliphatic carbocycles. The third-order valence-corrected chi connectivity index (χ3v) is 5.55. The lowest BCUT2D eigenvalue weighted by molar-refractivity contribution is 0.110. The molecule has 0 aromatic carbocycles. The minimum Gasteiger partial charge on any atom is -0.301 e. The van der Waals surface area contributed by atoms with Crippen LogP contribution in [0.2, 0.25) is 0 Å². The van der Waals surface area contributed by atoms with E-state index >= 15 is 0 Å². The molecular weight excluding hydrogens is 266 g/mol. The second kappa shape index (κ2) is 9.65. The highest BCUT2D eigenvalue weighted by Crippen LogP contribution is 2.24. The van der Waals surface area contributed by atoms with Crippen molar-refractivity contribution in [3.63, 3.8) is 0 Å². The van der Waals surface area contributed by atoms with Gasteiger partial charge in [-0.05, 0) is 37.5 Å². The summed E-state index contributed by atoms with van der Waals surface area (Å²) in [6.45, 7) is 7.59. The second-order valence-corrected chi connectivity index (χ2v) is 7.32. The molecule has 2 aliphatic rings. The number of piperazine rings is 1. The van der Waals surface area contributed by atoms with Gasteiger partial charge in [-0.15, -0.1) is 11.8 Å². The topological polar surface area (TPSA) is 30.3 Å². The third kappa shape index (κ3) is 6.03. The number of nitriles is 1. The summed E-state index contributed by atoms with van der Waals surface area (Å²) in [4.78, 5) is 5.29. The Hall–Kier alpha value is -0.240. The van der Waals surface area contributed by atoms with Crippen LogP contribution in [0, 0.1) is 17.2 Å². The molecule has 1 heterocycles. The largest absolute Gasteiger partial charge is 0.301 e. The molecule has 0 amide bonds. The predicted molar refractivity (Wildman–Crippen MR) is 87.0 cm³/mol. The molecule has 0 bridgehead atoms. The Morgan fingerprint density at radius 2 is 1.70 bits per heavy atom. The monoisotopic (exact) mass is 295 g/mol. The minimum atomic E-state index is 0.648. The number of rotatable bonds is 7. The zero-order chi connectivity index (χ0) is 14.0. The summed E-state index contributed by atoms with van der Waals surface area (Å²) in [5.41, 5.74) is 0. The molecule has 4 heteroatoms. The van der Waals surface area contributed by atoms with Gasteiger partial charge in [0, 0.05) is 32.7 Å². The first-order valence-electron chi connectivity index (χ1n) is 8.28. The van der Waals surface area contributed by atoms with Crippen LogP contribution in [0.1, 0.15) is 38.5 Å². The standard InChI is InChI=1S/C16H29N3S/c17-7-14-20-13-4-8-18-9-11-19(12-10-18)15-16-5-2-1-3-6-16/h16H,1-6,8-15H2. The van der Waals surface area contributed by atoms with Gasteiger partial charge in [0.15, 0.2) is 0 Å². The van der Waals surface area contributed by atoms with Gasteiger partial charge in [0.1, 0.15) is 0 Å². The molecule has 1 saturated heterocycles. The van der Waals surface area contributed by atoms with Gasteiger partial charge in [-0.3, -0.25) is 0 Å². The molecule has 2 rings (SSSR count). The molecule has 0 radical (unpaired) electrons. The molecule has 2 fully saturated rings. The summed E-state index contributed by atoms with van der Waals surface area (Å²) in [5.74, 6) is 2.77. The highest BCUT2D eigenvalue weighted by atomic mass is 32.2. The Bertz CT molecular complexity index is 289. The van der Waals surface area contributed by atoms with Crippen molar-refractivity contribution in [3.8, 4) is 6.07 Å². The maximum atomic E-state index is 8.49. The Kier molecular flexibility index (Phi) is 7.79. The van der Waals surface area contributed by atoms with Gasteiger partial charge < -0.3 is 9.80 Å². The Labute approximate surface area is 128 Å². The number of nitrogens with zero attached hydrogens (tertiary/aromatic N) is 3. The van der Waals surface area contributed by atoms with E-state index in [2.05, 4.69) is 15.9 Å². The van der Waals surface area contributed by atoms with E-state index in [-0.39, 0.29) is 0 Å². The first-order chi connectivity index (χ1) is 9.88. The smallest absolute Gasteiger partial charge is 0.0808 e. The highest BCUT2D eigenvalue weighted by molar-refractivity contribution is 7.99. The molecule has 1 saturated carbocycles. The van der Waals surface area contributed by atoms with Gasteiger partial charge in [0.05, 0.1) is 11.8 Å². The quantitative estimate of drug-likeness (QED) is 0.676. The fourth-order valence-corrected chi connectivity index (χ4v) is 4.01. The molecule has 0 spiro atoms. The Balaban J connectivity index is 1.52. The zero-order valence-corrected chi connectivity index (χ0v) is 13.5. The molecule has 0 atom stereocenters. The molecule has 0 aromatic rings. The fourth-order valence-electron chi connectivity index (χ4n) is 3.44. The molecule has 0 aromatic heterocycles. The van der Waals surface area contributed by atoms with E-state index in [1.54, 1.807) is 11.8 Å². The summed E-state index contributed by atoms with van der Waals surface area (Å²) < 4.78 is 0. The summed E-state index contributed by atoms with van der Waals surface area (Å²) in [6, 6.07) is 2.19. The first kappa shape index (κ1) is 16.1. The summed E-state index contributed by atoms with van der Waals surface area (Å²) in [7, 11) is 0. The molecule has 1 aliphatic heterocycles. The van der Waals surface area contributed by atoms with Crippen molar-refractivity contribution in [2.75, 3.05) is 50.8 Å². The first-order valence-corrected chi connectivity index (χ1v) is 9.43. The average Bonchev–Trinajstić information content (AvgIpc) is 2.50. The molecule has 114 valence electrons. The van der Waals surface area contributed by atoms with Crippen molar-refractivity contribution in [2.24, 2.45) is 5.92 Å². The van der Waals surface area contributed by atoms with Gasteiger partial charge in [0.25, 0.3) is 0 Å². The van der Waals surface area contributed by atoms with Crippen LogP contribution < -0.4 is 0 Å². The third-order valence-electron chi connectivity index (χ3n) is 4.64. The van der Waals surface area contributed by atoms with Crippen LogP contribution in [0.5, 0.6) is 0 Å². The van der Waals surface area contributed by atoms with Crippen LogP contribution in [0.15, 0.2) is 0 Å². The lowest BCUT2D eigenvalue weighted by Crippen LogP contribution is -2.48. The summed E-state index contributed by atoms with van der Waals surface area (Å²) in [5, 5.41) is 8.49. The number of hydrogen-bond donors (Lipinski definition) is 0. The Morgan fingerprint density at radius 3 is 2.40 bits per heavy atom. The van der Waals surface area contributed by atoms with Gasteiger partial charge in [-0.2, -0.15) is 5.26 Å². The lowest BCUT2D eigenvalue weighted by Gasteiger charge is -2.37. The maximum Gasteiger partial charge on any atom is 0.0808 e. The van der Waals surface area contributed by atoms with Crippen molar-refractivity contribution < 1.29 is 0 Å². The van der Waals surface area contributed by atoms with E-state index in [0.717, 1.165) is 11.7 Å². The summed E-state index contributed by atoms with van der Waals surface area (Å²) in [6.07, 6.45) is 8.56. The van der Waals surface area contributed by atoms with Crippen LogP contribution in [0.3, 0.4) is 0 Å². The fraction of sp³-hybridized carbons (Fsp3) is 0.938. The molecule has 0 N–H and O–H groups in total. The maximum absolute atomic E-state index is 8.49. The highest BCUT2D eigenvalue weighted by Gasteiger charge is 2.21. The normalized spacial score (nSPS) is 22.8. The average molecular weight is 295 g/mol. The van der Waals surface area contributed by atoms with E-state index in [0.29, 0.717) is 5.75 Å². The van der Waals surface area contributed by atoms with Crippen LogP contribution >= 0.6 is 11.8 Å². The lowest BCUT2D eigenvalue weighted by atomic mass is 9.89. The van der Waals surface area contributed by atoms with Gasteiger partial charge >= 0.3 is 0 Å². The second-order valence-electron chi connectivity index (χ2n) is 6.21. The SMILES string of the molecule is N#CCSCCCN1CCN(CC2CCCCC2)CC1. The van der Waals surface area contributed by atoms with Crippen LogP contribution in [0.4, 0.5) is 0 Å². The van der Waals surface area contributed by atoms with Crippen molar-refractivity contribution in [3.05, 3.63) is 0 Å². The zero-order valence-electron chi connectivity index (χ0n) is 12.7. The molecule has 20 heavy (non-hydrogen) atoms. The molecule has 3 nitrogen and oxygen atoms in total. The van der Waals surface area contributed by atoms with Crippen molar-refractivity contribution in [1.82, 2.24) is 9.80 Å². The minimum absolute atomic E-state index is 0.648. The van der Waals surface area contributed by atoms with E-state index < -0.39 is 0 Å². The van der Waals surface area contributed by atoms with Gasteiger partial charge in [-0.1, -0.05) is 19.3 Å². The van der Waals surface area contributed by atoms with Crippen molar-refractivity contribution in [2.45, 2.75) is 38.5 Å². The van der Waals surface area contributed by atoms with Gasteiger partial charge in [-0.25, -0.2) is 0 Å².